The topological polar surface area (TPSA) is 64.1 Å². The third-order valence-corrected chi connectivity index (χ3v) is 5.73. The van der Waals surface area contributed by atoms with E-state index in [4.69, 9.17) is 4.74 Å². The van der Waals surface area contributed by atoms with Gasteiger partial charge < -0.3 is 4.74 Å². The maximum atomic E-state index is 12.9. The van der Waals surface area contributed by atoms with Gasteiger partial charge in [0.2, 0.25) is 5.13 Å². The van der Waals surface area contributed by atoms with Crippen molar-refractivity contribution < 1.29 is 13.9 Å². The molecule has 3 aromatic rings. The summed E-state index contributed by atoms with van der Waals surface area (Å²) in [4.78, 5) is 12.1. The molecule has 3 rings (SSSR count). The van der Waals surface area contributed by atoms with Crippen molar-refractivity contribution in [1.82, 2.24) is 10.2 Å². The van der Waals surface area contributed by atoms with E-state index in [0.29, 0.717) is 10.9 Å². The Morgan fingerprint density at radius 1 is 1.15 bits per heavy atom. The number of benzene rings is 2. The lowest BCUT2D eigenvalue weighted by Crippen LogP contribution is -2.20. The molecular formula is C19H18FN3O2S2. The van der Waals surface area contributed by atoms with Gasteiger partial charge in [0.1, 0.15) is 11.6 Å². The fraction of sp³-hybridized carbons (Fsp3) is 0.211. The van der Waals surface area contributed by atoms with Crippen LogP contribution in [0.2, 0.25) is 0 Å². The second kappa shape index (κ2) is 8.96. The van der Waals surface area contributed by atoms with E-state index in [1.807, 2.05) is 32.0 Å². The highest BCUT2D eigenvalue weighted by atomic mass is 32.2. The molecular weight excluding hydrogens is 385 g/mol. The van der Waals surface area contributed by atoms with Crippen LogP contribution in [0.1, 0.15) is 16.7 Å². The first kappa shape index (κ1) is 19.3. The van der Waals surface area contributed by atoms with Gasteiger partial charge in [0.15, 0.2) is 10.9 Å². The van der Waals surface area contributed by atoms with E-state index in [-0.39, 0.29) is 18.3 Å². The summed E-state index contributed by atoms with van der Waals surface area (Å²) in [7, 11) is 0. The van der Waals surface area contributed by atoms with Crippen LogP contribution in [0.25, 0.3) is 0 Å². The molecule has 0 atom stereocenters. The molecule has 0 aliphatic heterocycles. The molecule has 1 aromatic heterocycles. The number of aryl methyl sites for hydroxylation is 2. The molecule has 0 fully saturated rings. The number of rotatable bonds is 7. The summed E-state index contributed by atoms with van der Waals surface area (Å²) >= 11 is 2.77. The van der Waals surface area contributed by atoms with Gasteiger partial charge in [-0.15, -0.1) is 10.2 Å². The largest absolute Gasteiger partial charge is 0.483 e. The Labute approximate surface area is 165 Å². The van der Waals surface area contributed by atoms with Crippen molar-refractivity contribution >= 4 is 34.1 Å². The average molecular weight is 404 g/mol. The minimum atomic E-state index is -0.288. The molecule has 0 radical (unpaired) electrons. The summed E-state index contributed by atoms with van der Waals surface area (Å²) < 4.78 is 19.3. The Morgan fingerprint density at radius 3 is 2.56 bits per heavy atom. The van der Waals surface area contributed by atoms with Gasteiger partial charge in [0.25, 0.3) is 5.91 Å². The number of anilines is 1. The van der Waals surface area contributed by atoms with Gasteiger partial charge in [0.05, 0.1) is 0 Å². The highest BCUT2D eigenvalue weighted by molar-refractivity contribution is 8.00. The molecule has 0 aliphatic carbocycles. The molecule has 2 aromatic carbocycles. The van der Waals surface area contributed by atoms with Crippen molar-refractivity contribution in [3.8, 4) is 5.75 Å². The van der Waals surface area contributed by atoms with E-state index in [1.165, 1.54) is 35.2 Å². The number of ether oxygens (including phenoxy) is 1. The van der Waals surface area contributed by atoms with Crippen LogP contribution < -0.4 is 10.1 Å². The maximum Gasteiger partial charge on any atom is 0.264 e. The van der Waals surface area contributed by atoms with Crippen LogP contribution in [0.5, 0.6) is 5.75 Å². The van der Waals surface area contributed by atoms with E-state index < -0.39 is 0 Å². The van der Waals surface area contributed by atoms with E-state index in [2.05, 4.69) is 15.5 Å². The zero-order chi connectivity index (χ0) is 19.2. The van der Waals surface area contributed by atoms with Gasteiger partial charge in [0, 0.05) is 5.75 Å². The Morgan fingerprint density at radius 2 is 1.85 bits per heavy atom. The molecule has 0 aliphatic rings. The Balaban J connectivity index is 1.49. The molecule has 0 bridgehead atoms. The normalized spacial score (nSPS) is 10.6. The Hall–Kier alpha value is -2.45. The number of hydrogen-bond donors (Lipinski definition) is 1. The van der Waals surface area contributed by atoms with Gasteiger partial charge in [-0.05, 0) is 42.7 Å². The maximum absolute atomic E-state index is 12.9. The third-order valence-electron chi connectivity index (χ3n) is 3.68. The van der Waals surface area contributed by atoms with Crippen LogP contribution in [-0.4, -0.2) is 22.7 Å². The SMILES string of the molecule is Cc1cccc(C)c1OCC(=O)Nc1nnc(SCc2ccc(F)cc2)s1. The van der Waals surface area contributed by atoms with Crippen LogP contribution >= 0.6 is 23.1 Å². The number of amides is 1. The second-order valence-electron chi connectivity index (χ2n) is 5.85. The average Bonchev–Trinajstić information content (AvgIpc) is 3.08. The summed E-state index contributed by atoms with van der Waals surface area (Å²) in [6, 6.07) is 12.2. The number of thioether (sulfide) groups is 1. The fourth-order valence-corrected chi connectivity index (χ4v) is 4.09. The first-order chi connectivity index (χ1) is 13.0. The van der Waals surface area contributed by atoms with E-state index in [9.17, 15) is 9.18 Å². The van der Waals surface area contributed by atoms with Crippen molar-refractivity contribution in [1.29, 1.82) is 0 Å². The van der Waals surface area contributed by atoms with E-state index in [1.54, 1.807) is 12.1 Å². The molecule has 5 nitrogen and oxygen atoms in total. The van der Waals surface area contributed by atoms with Crippen molar-refractivity contribution in [3.63, 3.8) is 0 Å². The number of nitrogens with zero attached hydrogens (tertiary/aromatic N) is 2. The quantitative estimate of drug-likeness (QED) is 0.461. The first-order valence-corrected chi connectivity index (χ1v) is 10.0. The number of carbonyl (C=O) groups is 1. The first-order valence-electron chi connectivity index (χ1n) is 8.21. The standard InChI is InChI=1S/C19H18FN3O2S2/c1-12-4-3-5-13(2)17(12)25-10-16(24)21-18-22-23-19(27-18)26-11-14-6-8-15(20)9-7-14/h3-9H,10-11H2,1-2H3,(H,21,22,24). The molecule has 0 unspecified atom stereocenters. The molecule has 140 valence electrons. The molecule has 1 amide bonds. The van der Waals surface area contributed by atoms with Crippen molar-refractivity contribution in [2.24, 2.45) is 0 Å². The van der Waals surface area contributed by atoms with Crippen LogP contribution in [0.15, 0.2) is 46.8 Å². The highest BCUT2D eigenvalue weighted by Crippen LogP contribution is 2.28. The lowest BCUT2D eigenvalue weighted by atomic mass is 10.1. The summed E-state index contributed by atoms with van der Waals surface area (Å²) in [5.74, 6) is 0.829. The minimum absolute atomic E-state index is 0.0939. The van der Waals surface area contributed by atoms with Crippen LogP contribution in [0.4, 0.5) is 9.52 Å². The van der Waals surface area contributed by atoms with E-state index in [0.717, 1.165) is 26.8 Å². The summed E-state index contributed by atoms with van der Waals surface area (Å²) in [5.41, 5.74) is 2.96. The van der Waals surface area contributed by atoms with Gasteiger partial charge in [-0.3, -0.25) is 10.1 Å². The third kappa shape index (κ3) is 5.51. The van der Waals surface area contributed by atoms with Crippen molar-refractivity contribution in [2.45, 2.75) is 23.9 Å². The zero-order valence-corrected chi connectivity index (χ0v) is 16.5. The lowest BCUT2D eigenvalue weighted by molar-refractivity contribution is -0.118. The van der Waals surface area contributed by atoms with Gasteiger partial charge >= 0.3 is 0 Å². The number of para-hydroxylation sites is 1. The van der Waals surface area contributed by atoms with Crippen LogP contribution in [0, 0.1) is 19.7 Å². The lowest BCUT2D eigenvalue weighted by Gasteiger charge is -2.11. The number of nitrogens with one attached hydrogen (secondary N) is 1. The molecule has 0 saturated carbocycles. The van der Waals surface area contributed by atoms with Gasteiger partial charge in [-0.25, -0.2) is 4.39 Å². The van der Waals surface area contributed by atoms with Crippen molar-refractivity contribution in [2.75, 3.05) is 11.9 Å². The predicted molar refractivity (Wildman–Crippen MR) is 106 cm³/mol. The van der Waals surface area contributed by atoms with Gasteiger partial charge in [-0.1, -0.05) is 53.4 Å². The molecule has 0 saturated heterocycles. The van der Waals surface area contributed by atoms with Crippen LogP contribution in [0.3, 0.4) is 0 Å². The summed E-state index contributed by atoms with van der Waals surface area (Å²) in [5, 5.41) is 11.1. The van der Waals surface area contributed by atoms with E-state index >= 15 is 0 Å². The second-order valence-corrected chi connectivity index (χ2v) is 8.05. The summed E-state index contributed by atoms with van der Waals surface area (Å²) in [6.45, 7) is 3.79. The molecule has 1 heterocycles. The summed E-state index contributed by atoms with van der Waals surface area (Å²) in [6.07, 6.45) is 0. The Kier molecular flexibility index (Phi) is 6.41. The number of halogens is 1. The molecule has 8 heteroatoms. The smallest absolute Gasteiger partial charge is 0.264 e. The van der Waals surface area contributed by atoms with Crippen LogP contribution in [-0.2, 0) is 10.5 Å². The fourth-order valence-electron chi connectivity index (χ4n) is 2.36. The van der Waals surface area contributed by atoms with Crippen molar-refractivity contribution in [3.05, 3.63) is 65.0 Å². The minimum Gasteiger partial charge on any atom is -0.483 e. The Bertz CT molecular complexity index is 909. The molecule has 27 heavy (non-hydrogen) atoms. The molecule has 1 N–H and O–H groups in total. The van der Waals surface area contributed by atoms with Gasteiger partial charge in [-0.2, -0.15) is 0 Å². The number of carbonyl (C=O) groups excluding carboxylic acids is 1. The number of aromatic nitrogens is 2. The molecule has 0 spiro atoms. The predicted octanol–water partition coefficient (Wildman–Crippen LogP) is 4.60. The zero-order valence-electron chi connectivity index (χ0n) is 14.9. The highest BCUT2D eigenvalue weighted by Gasteiger charge is 2.11. The number of hydrogen-bond acceptors (Lipinski definition) is 6. The monoisotopic (exact) mass is 403 g/mol.